The molecule has 0 saturated heterocycles. The van der Waals surface area contributed by atoms with Crippen LogP contribution in [-0.2, 0) is 5.41 Å². The number of fused-ring (bicyclic) bond motifs is 1. The van der Waals surface area contributed by atoms with Crippen LogP contribution in [0, 0.1) is 10.1 Å². The number of hydrogen-bond acceptors (Lipinski definition) is 5. The smallest absolute Gasteiger partial charge is 0.406 e. The molecule has 0 N–H and O–H groups in total. The Balaban J connectivity index is 2.11. The first-order valence-corrected chi connectivity index (χ1v) is 8.92. The van der Waals surface area contributed by atoms with Gasteiger partial charge in [-0.25, -0.2) is 4.98 Å². The number of para-hydroxylation sites is 1. The number of rotatable bonds is 5. The van der Waals surface area contributed by atoms with Crippen LogP contribution in [0.3, 0.4) is 0 Å². The topological polar surface area (TPSA) is 82.3 Å². The Morgan fingerprint density at radius 2 is 1.83 bits per heavy atom. The average molecular weight is 439 g/mol. The van der Waals surface area contributed by atoms with E-state index in [1.807, 2.05) is 0 Å². The van der Waals surface area contributed by atoms with E-state index in [0.717, 1.165) is 18.2 Å². The summed E-state index contributed by atoms with van der Waals surface area (Å²) in [6.45, 7) is 2.74. The van der Waals surface area contributed by atoms with E-state index in [0.29, 0.717) is 15.9 Å². The number of aromatic nitrogens is 1. The number of halogens is 4. The van der Waals surface area contributed by atoms with Crippen LogP contribution in [0.1, 0.15) is 29.9 Å². The van der Waals surface area contributed by atoms with Crippen LogP contribution < -0.4 is 4.74 Å². The van der Waals surface area contributed by atoms with Crippen molar-refractivity contribution in [3.8, 4) is 5.75 Å². The Hall–Kier alpha value is -3.20. The van der Waals surface area contributed by atoms with E-state index < -0.39 is 33.9 Å². The maximum absolute atomic E-state index is 13.2. The number of benzene rings is 2. The molecule has 0 atom stereocenters. The molecule has 0 saturated carbocycles. The maximum atomic E-state index is 13.2. The lowest BCUT2D eigenvalue weighted by Crippen LogP contribution is -2.31. The van der Waals surface area contributed by atoms with Crippen LogP contribution in [0.4, 0.5) is 18.9 Å². The molecular formula is C20H14ClF3N2O4. The van der Waals surface area contributed by atoms with Crippen molar-refractivity contribution in [2.24, 2.45) is 0 Å². The number of pyridine rings is 1. The minimum absolute atomic E-state index is 0.0305. The Morgan fingerprint density at radius 3 is 2.47 bits per heavy atom. The fraction of sp³-hybridized carbons (Fsp3) is 0.200. The summed E-state index contributed by atoms with van der Waals surface area (Å²) in [4.78, 5) is 28.1. The standard InChI is InChI=1S/C20H14ClF3N2O4/c1-19(2,13-10-12(30-20(22,23)24)7-9-16(13)26(28)29)18(27)15-8-6-11-4-3-5-14(21)17(11)25-15/h3-10H,1-2H3. The van der Waals surface area contributed by atoms with Crippen LogP contribution in [0.15, 0.2) is 48.5 Å². The number of nitrogens with zero attached hydrogens (tertiary/aromatic N) is 2. The first-order chi connectivity index (χ1) is 13.9. The predicted octanol–water partition coefficient (Wildman–Crippen LogP) is 5.86. The maximum Gasteiger partial charge on any atom is 0.573 e. The van der Waals surface area contributed by atoms with Gasteiger partial charge in [-0.15, -0.1) is 13.2 Å². The van der Waals surface area contributed by atoms with Crippen molar-refractivity contribution in [1.82, 2.24) is 4.98 Å². The lowest BCUT2D eigenvalue weighted by Gasteiger charge is -2.24. The predicted molar refractivity (Wildman–Crippen MR) is 104 cm³/mol. The number of nitro benzene ring substituents is 1. The van der Waals surface area contributed by atoms with Gasteiger partial charge in [-0.1, -0.05) is 29.8 Å². The molecule has 30 heavy (non-hydrogen) atoms. The van der Waals surface area contributed by atoms with Gasteiger partial charge in [0.05, 0.1) is 20.9 Å². The van der Waals surface area contributed by atoms with Crippen molar-refractivity contribution in [2.75, 3.05) is 0 Å². The Morgan fingerprint density at radius 1 is 1.13 bits per heavy atom. The van der Waals surface area contributed by atoms with Gasteiger partial charge in [-0.3, -0.25) is 14.9 Å². The third kappa shape index (κ3) is 4.20. The van der Waals surface area contributed by atoms with Crippen LogP contribution >= 0.6 is 11.6 Å². The number of ether oxygens (including phenoxy) is 1. The molecule has 1 heterocycles. The summed E-state index contributed by atoms with van der Waals surface area (Å²) in [5.74, 6) is -1.30. The molecule has 0 spiro atoms. The number of hydrogen-bond donors (Lipinski definition) is 0. The molecule has 0 aliphatic rings. The first-order valence-electron chi connectivity index (χ1n) is 8.55. The van der Waals surface area contributed by atoms with Gasteiger partial charge < -0.3 is 4.74 Å². The average Bonchev–Trinajstić information content (AvgIpc) is 2.66. The van der Waals surface area contributed by atoms with Crippen molar-refractivity contribution < 1.29 is 27.6 Å². The molecule has 0 bridgehead atoms. The third-order valence-corrected chi connectivity index (χ3v) is 4.85. The summed E-state index contributed by atoms with van der Waals surface area (Å²) in [7, 11) is 0. The van der Waals surface area contributed by atoms with Gasteiger partial charge in [0.2, 0.25) is 0 Å². The zero-order valence-electron chi connectivity index (χ0n) is 15.7. The molecule has 156 valence electrons. The van der Waals surface area contributed by atoms with Crippen LogP contribution in [0.2, 0.25) is 5.02 Å². The molecule has 0 radical (unpaired) electrons. The van der Waals surface area contributed by atoms with Gasteiger partial charge in [0.25, 0.3) is 5.69 Å². The molecule has 0 amide bonds. The second kappa shape index (κ2) is 7.56. The lowest BCUT2D eigenvalue weighted by atomic mass is 9.78. The monoisotopic (exact) mass is 438 g/mol. The van der Waals surface area contributed by atoms with E-state index in [-0.39, 0.29) is 11.3 Å². The first kappa shape index (κ1) is 21.5. The third-order valence-electron chi connectivity index (χ3n) is 4.54. The molecule has 0 aliphatic heterocycles. The molecule has 2 aromatic carbocycles. The van der Waals surface area contributed by atoms with Gasteiger partial charge in [0.15, 0.2) is 5.78 Å². The van der Waals surface area contributed by atoms with Crippen LogP contribution in [0.5, 0.6) is 5.75 Å². The second-order valence-electron chi connectivity index (χ2n) is 6.95. The number of alkyl halides is 3. The van der Waals surface area contributed by atoms with E-state index >= 15 is 0 Å². The summed E-state index contributed by atoms with van der Waals surface area (Å²) < 4.78 is 41.6. The zero-order chi connectivity index (χ0) is 22.3. The van der Waals surface area contributed by atoms with Gasteiger partial charge in [0.1, 0.15) is 11.4 Å². The molecule has 3 aromatic rings. The highest BCUT2D eigenvalue weighted by molar-refractivity contribution is 6.35. The summed E-state index contributed by atoms with van der Waals surface area (Å²) in [5.41, 5.74) is -2.00. The quantitative estimate of drug-likeness (QED) is 0.283. The Bertz CT molecular complexity index is 1160. The summed E-state index contributed by atoms with van der Waals surface area (Å²) in [6, 6.07) is 10.7. The summed E-state index contributed by atoms with van der Waals surface area (Å²) in [5, 5.41) is 12.4. The molecule has 3 rings (SSSR count). The van der Waals surface area contributed by atoms with E-state index in [2.05, 4.69) is 9.72 Å². The summed E-state index contributed by atoms with van der Waals surface area (Å²) >= 11 is 6.13. The van der Waals surface area contributed by atoms with Crippen molar-refractivity contribution in [3.63, 3.8) is 0 Å². The number of carbonyl (C=O) groups is 1. The number of Topliss-reactive ketones (excluding diaryl/α,β-unsaturated/α-hetero) is 1. The summed E-state index contributed by atoms with van der Waals surface area (Å²) in [6.07, 6.45) is -4.99. The number of ketones is 1. The van der Waals surface area contributed by atoms with Crippen molar-refractivity contribution in [1.29, 1.82) is 0 Å². The highest BCUT2D eigenvalue weighted by Crippen LogP contribution is 2.38. The minimum atomic E-state index is -4.99. The molecular weight excluding hydrogens is 425 g/mol. The molecule has 10 heteroatoms. The largest absolute Gasteiger partial charge is 0.573 e. The fourth-order valence-corrected chi connectivity index (χ4v) is 3.28. The van der Waals surface area contributed by atoms with Crippen LogP contribution in [0.25, 0.3) is 10.9 Å². The lowest BCUT2D eigenvalue weighted by molar-refractivity contribution is -0.386. The zero-order valence-corrected chi connectivity index (χ0v) is 16.4. The van der Waals surface area contributed by atoms with Crippen molar-refractivity contribution in [2.45, 2.75) is 25.6 Å². The van der Waals surface area contributed by atoms with E-state index in [9.17, 15) is 28.1 Å². The Kier molecular flexibility index (Phi) is 5.42. The second-order valence-corrected chi connectivity index (χ2v) is 7.35. The highest BCUT2D eigenvalue weighted by atomic mass is 35.5. The number of carbonyl (C=O) groups excluding carboxylic acids is 1. The van der Waals surface area contributed by atoms with Crippen molar-refractivity contribution >= 4 is 34.0 Å². The van der Waals surface area contributed by atoms with E-state index in [1.165, 1.54) is 19.9 Å². The van der Waals surface area contributed by atoms with Gasteiger partial charge in [-0.2, -0.15) is 0 Å². The fourth-order valence-electron chi connectivity index (χ4n) is 3.05. The SMILES string of the molecule is CC(C)(C(=O)c1ccc2cccc(Cl)c2n1)c1cc(OC(F)(F)F)ccc1[N+](=O)[O-]. The molecule has 0 fully saturated rings. The van der Waals surface area contributed by atoms with Gasteiger partial charge >= 0.3 is 6.36 Å². The van der Waals surface area contributed by atoms with Crippen LogP contribution in [-0.4, -0.2) is 22.1 Å². The highest BCUT2D eigenvalue weighted by Gasteiger charge is 2.39. The molecule has 6 nitrogen and oxygen atoms in total. The van der Waals surface area contributed by atoms with Gasteiger partial charge in [0, 0.05) is 17.0 Å². The van der Waals surface area contributed by atoms with E-state index in [4.69, 9.17) is 11.6 Å². The molecule has 1 aromatic heterocycles. The minimum Gasteiger partial charge on any atom is -0.406 e. The van der Waals surface area contributed by atoms with Gasteiger partial charge in [-0.05, 0) is 38.1 Å². The Labute approximate surface area is 173 Å². The normalized spacial score (nSPS) is 12.1. The molecule has 0 unspecified atom stereocenters. The number of nitro groups is 1. The van der Waals surface area contributed by atoms with Crippen molar-refractivity contribution in [3.05, 3.63) is 74.9 Å². The molecule has 0 aliphatic carbocycles. The van der Waals surface area contributed by atoms with E-state index in [1.54, 1.807) is 24.3 Å².